The minimum atomic E-state index is 1.12. The molecule has 0 aliphatic heterocycles. The second kappa shape index (κ2) is 11.3. The molecular weight excluding hydrogens is 567 g/mol. The molecule has 0 amide bonds. The van der Waals surface area contributed by atoms with Crippen LogP contribution < -0.4 is 4.90 Å². The van der Waals surface area contributed by atoms with Crippen LogP contribution in [0.1, 0.15) is 0 Å². The molecule has 0 N–H and O–H groups in total. The van der Waals surface area contributed by atoms with E-state index < -0.39 is 0 Å². The second-order valence-corrected chi connectivity index (χ2v) is 12.2. The number of rotatable bonds is 5. The van der Waals surface area contributed by atoms with Crippen molar-refractivity contribution in [1.29, 1.82) is 0 Å². The molecule has 0 aromatic heterocycles. The van der Waals surface area contributed by atoms with Crippen LogP contribution in [0.4, 0.5) is 17.1 Å². The first-order valence-corrected chi connectivity index (χ1v) is 16.2. The van der Waals surface area contributed by atoms with E-state index in [-0.39, 0.29) is 0 Å². The van der Waals surface area contributed by atoms with E-state index >= 15 is 0 Å². The molecule has 0 atom stereocenters. The summed E-state index contributed by atoms with van der Waals surface area (Å²) in [5.41, 5.74) is 8.25. The Kier molecular flexibility index (Phi) is 6.54. The molecule has 0 aliphatic rings. The number of fused-ring (bicyclic) bond motifs is 6. The topological polar surface area (TPSA) is 3.24 Å². The van der Waals surface area contributed by atoms with Crippen molar-refractivity contribution in [1.82, 2.24) is 0 Å². The lowest BCUT2D eigenvalue weighted by atomic mass is 9.93. The highest BCUT2D eigenvalue weighted by molar-refractivity contribution is 6.15. The lowest BCUT2D eigenvalue weighted by molar-refractivity contribution is 1.30. The first kappa shape index (κ1) is 27.2. The molecule has 0 unspecified atom stereocenters. The first-order chi connectivity index (χ1) is 23.3. The third-order valence-corrected chi connectivity index (χ3v) is 9.40. The van der Waals surface area contributed by atoms with Crippen LogP contribution in [-0.4, -0.2) is 0 Å². The molecule has 1 nitrogen and oxygen atoms in total. The van der Waals surface area contributed by atoms with Gasteiger partial charge >= 0.3 is 0 Å². The van der Waals surface area contributed by atoms with Gasteiger partial charge in [-0.15, -0.1) is 0 Å². The Balaban J connectivity index is 1.26. The molecule has 9 rings (SSSR count). The molecule has 47 heavy (non-hydrogen) atoms. The summed E-state index contributed by atoms with van der Waals surface area (Å²) in [7, 11) is 0. The quantitative estimate of drug-likeness (QED) is 0.178. The predicted octanol–water partition coefficient (Wildman–Crippen LogP) is 13.1. The minimum absolute atomic E-state index is 1.12. The van der Waals surface area contributed by atoms with Gasteiger partial charge in [0.25, 0.3) is 0 Å². The van der Waals surface area contributed by atoms with Crippen LogP contribution in [0.2, 0.25) is 0 Å². The molecule has 0 radical (unpaired) electrons. The molecule has 1 heteroatoms. The fourth-order valence-corrected chi connectivity index (χ4v) is 7.19. The van der Waals surface area contributed by atoms with Gasteiger partial charge < -0.3 is 4.90 Å². The summed E-state index contributed by atoms with van der Waals surface area (Å²) in [6.07, 6.45) is 0. The highest BCUT2D eigenvalue weighted by Gasteiger charge is 2.18. The average molecular weight is 598 g/mol. The van der Waals surface area contributed by atoms with Gasteiger partial charge in [0.05, 0.1) is 5.69 Å². The smallest absolute Gasteiger partial charge is 0.0546 e. The van der Waals surface area contributed by atoms with Crippen molar-refractivity contribution in [3.63, 3.8) is 0 Å². The maximum absolute atomic E-state index is 2.42. The van der Waals surface area contributed by atoms with Crippen LogP contribution >= 0.6 is 0 Å². The number of benzene rings is 9. The molecule has 0 saturated heterocycles. The molecule has 0 heterocycles. The molecule has 9 aromatic rings. The van der Waals surface area contributed by atoms with Gasteiger partial charge in [-0.1, -0.05) is 152 Å². The summed E-state index contributed by atoms with van der Waals surface area (Å²) < 4.78 is 0. The fraction of sp³-hybridized carbons (Fsp3) is 0. The Morgan fingerprint density at radius 1 is 0.277 bits per heavy atom. The van der Waals surface area contributed by atoms with E-state index in [0.717, 1.165) is 17.1 Å². The SMILES string of the molecule is c1ccc(-c2cccc(N(c3ccc(-c4cc5ccccc5c5ccccc45)cc3)c3cc4ccccc4c4ccccc34)c2)cc1. The third-order valence-electron chi connectivity index (χ3n) is 9.40. The average Bonchev–Trinajstić information content (AvgIpc) is 3.15. The van der Waals surface area contributed by atoms with E-state index in [4.69, 9.17) is 0 Å². The number of hydrogen-bond acceptors (Lipinski definition) is 1. The molecule has 0 aliphatic carbocycles. The first-order valence-electron chi connectivity index (χ1n) is 16.2. The second-order valence-electron chi connectivity index (χ2n) is 12.2. The van der Waals surface area contributed by atoms with E-state index in [1.807, 2.05) is 0 Å². The zero-order valence-electron chi connectivity index (χ0n) is 25.8. The van der Waals surface area contributed by atoms with E-state index in [1.54, 1.807) is 0 Å². The third kappa shape index (κ3) is 4.72. The molecule has 0 spiro atoms. The van der Waals surface area contributed by atoms with Crippen molar-refractivity contribution in [3.8, 4) is 22.3 Å². The summed E-state index contributed by atoms with van der Waals surface area (Å²) in [6, 6.07) is 68.3. The van der Waals surface area contributed by atoms with Crippen LogP contribution in [0, 0.1) is 0 Å². The molecule has 0 bridgehead atoms. The molecule has 9 aromatic carbocycles. The predicted molar refractivity (Wildman–Crippen MR) is 202 cm³/mol. The standard InChI is InChI=1S/C46H31N/c1-2-13-32(14-3-1)34-17-12-18-38(29-34)47(46-31-36-16-5-7-20-40(36)42-22-10-11-24-44(42)46)37-27-25-33(26-28-37)45-30-35-15-4-6-19-39(35)41-21-8-9-23-43(41)45/h1-31H. The monoisotopic (exact) mass is 597 g/mol. The Morgan fingerprint density at radius 2 is 0.809 bits per heavy atom. The Hall–Kier alpha value is -6.18. The zero-order chi connectivity index (χ0) is 31.2. The lowest BCUT2D eigenvalue weighted by Gasteiger charge is -2.28. The lowest BCUT2D eigenvalue weighted by Crippen LogP contribution is -2.10. The van der Waals surface area contributed by atoms with E-state index in [2.05, 4.69) is 193 Å². The van der Waals surface area contributed by atoms with Gasteiger partial charge in [-0.05, 0) is 96.4 Å². The van der Waals surface area contributed by atoms with Crippen molar-refractivity contribution in [2.45, 2.75) is 0 Å². The van der Waals surface area contributed by atoms with Crippen molar-refractivity contribution in [2.24, 2.45) is 0 Å². The summed E-state index contributed by atoms with van der Waals surface area (Å²) in [5, 5.41) is 10.1. The van der Waals surface area contributed by atoms with Crippen molar-refractivity contribution >= 4 is 60.2 Å². The summed E-state index contributed by atoms with van der Waals surface area (Å²) >= 11 is 0. The van der Waals surface area contributed by atoms with Crippen LogP contribution in [0.25, 0.3) is 65.3 Å². The van der Waals surface area contributed by atoms with E-state index in [0.29, 0.717) is 0 Å². The van der Waals surface area contributed by atoms with Crippen LogP contribution in [0.15, 0.2) is 188 Å². The van der Waals surface area contributed by atoms with E-state index in [1.165, 1.54) is 65.3 Å². The van der Waals surface area contributed by atoms with Crippen LogP contribution in [-0.2, 0) is 0 Å². The van der Waals surface area contributed by atoms with Gasteiger partial charge in [0, 0.05) is 16.8 Å². The normalized spacial score (nSPS) is 11.4. The van der Waals surface area contributed by atoms with Crippen molar-refractivity contribution in [2.75, 3.05) is 4.90 Å². The Morgan fingerprint density at radius 3 is 1.51 bits per heavy atom. The van der Waals surface area contributed by atoms with Crippen molar-refractivity contribution < 1.29 is 0 Å². The molecular formula is C46H31N. The zero-order valence-corrected chi connectivity index (χ0v) is 25.8. The number of anilines is 3. The largest absolute Gasteiger partial charge is 0.310 e. The Bertz CT molecular complexity index is 2560. The van der Waals surface area contributed by atoms with E-state index in [9.17, 15) is 0 Å². The highest BCUT2D eigenvalue weighted by Crippen LogP contribution is 2.44. The summed E-state index contributed by atoms with van der Waals surface area (Å²) in [4.78, 5) is 2.42. The molecule has 0 saturated carbocycles. The molecule has 220 valence electrons. The number of hydrogen-bond donors (Lipinski definition) is 0. The summed E-state index contributed by atoms with van der Waals surface area (Å²) in [5.74, 6) is 0. The van der Waals surface area contributed by atoms with Crippen LogP contribution in [0.5, 0.6) is 0 Å². The minimum Gasteiger partial charge on any atom is -0.310 e. The van der Waals surface area contributed by atoms with Gasteiger partial charge in [0.1, 0.15) is 0 Å². The van der Waals surface area contributed by atoms with Crippen molar-refractivity contribution in [3.05, 3.63) is 188 Å². The highest BCUT2D eigenvalue weighted by atomic mass is 15.1. The molecule has 0 fully saturated rings. The maximum Gasteiger partial charge on any atom is 0.0546 e. The van der Waals surface area contributed by atoms with Gasteiger partial charge in [0.15, 0.2) is 0 Å². The number of nitrogens with zero attached hydrogens (tertiary/aromatic N) is 1. The Labute approximate surface area is 274 Å². The fourth-order valence-electron chi connectivity index (χ4n) is 7.19. The van der Waals surface area contributed by atoms with Gasteiger partial charge in [0.2, 0.25) is 0 Å². The summed E-state index contributed by atoms with van der Waals surface area (Å²) in [6.45, 7) is 0. The van der Waals surface area contributed by atoms with Gasteiger partial charge in [-0.25, -0.2) is 0 Å². The van der Waals surface area contributed by atoms with Gasteiger partial charge in [-0.2, -0.15) is 0 Å². The maximum atomic E-state index is 2.42. The van der Waals surface area contributed by atoms with Gasteiger partial charge in [-0.3, -0.25) is 0 Å². The van der Waals surface area contributed by atoms with Crippen LogP contribution in [0.3, 0.4) is 0 Å².